The summed E-state index contributed by atoms with van der Waals surface area (Å²) in [7, 11) is -3.04. The molecule has 14 heavy (non-hydrogen) atoms. The molecule has 4 nitrogen and oxygen atoms in total. The largest absolute Gasteiger partial charge is 0.328 e. The van der Waals surface area contributed by atoms with Gasteiger partial charge in [0.25, 0.3) is 0 Å². The second kappa shape index (κ2) is 3.79. The number of sulfonamides is 1. The van der Waals surface area contributed by atoms with Crippen LogP contribution < -0.4 is 10.5 Å². The van der Waals surface area contributed by atoms with Crippen molar-refractivity contribution in [3.63, 3.8) is 0 Å². The average Bonchev–Trinajstić information content (AvgIpc) is 2.28. The molecule has 2 fully saturated rings. The molecular weight excluding hydrogens is 200 g/mol. The molecule has 2 rings (SSSR count). The van der Waals surface area contributed by atoms with E-state index >= 15 is 0 Å². The molecule has 0 aliphatic heterocycles. The van der Waals surface area contributed by atoms with Crippen molar-refractivity contribution >= 4 is 10.0 Å². The summed E-state index contributed by atoms with van der Waals surface area (Å²) in [5.74, 6) is 0. The van der Waals surface area contributed by atoms with Gasteiger partial charge in [0.1, 0.15) is 0 Å². The van der Waals surface area contributed by atoms with Gasteiger partial charge >= 0.3 is 0 Å². The number of hydrogen-bond acceptors (Lipinski definition) is 3. The summed E-state index contributed by atoms with van der Waals surface area (Å²) >= 11 is 0. The van der Waals surface area contributed by atoms with Crippen LogP contribution in [0, 0.1) is 0 Å². The Bertz CT molecular complexity index is 298. The maximum atomic E-state index is 11.7. The minimum atomic E-state index is -3.04. The fraction of sp³-hybridized carbons (Fsp3) is 1.00. The van der Waals surface area contributed by atoms with E-state index < -0.39 is 10.0 Å². The lowest BCUT2D eigenvalue weighted by atomic mass is 10.0. The number of nitrogens with two attached hydrogens (primary N) is 1. The highest BCUT2D eigenvalue weighted by Crippen LogP contribution is 2.27. The highest BCUT2D eigenvalue weighted by molar-refractivity contribution is 7.90. The molecule has 82 valence electrons. The van der Waals surface area contributed by atoms with Crippen molar-refractivity contribution in [2.75, 3.05) is 0 Å². The zero-order valence-corrected chi connectivity index (χ0v) is 9.09. The third-order valence-electron chi connectivity index (χ3n) is 3.30. The summed E-state index contributed by atoms with van der Waals surface area (Å²) in [5, 5.41) is -0.126. The van der Waals surface area contributed by atoms with Crippen LogP contribution in [-0.2, 0) is 10.0 Å². The van der Waals surface area contributed by atoms with Crippen molar-refractivity contribution in [3.05, 3.63) is 0 Å². The minimum Gasteiger partial charge on any atom is -0.328 e. The first-order valence-electron chi connectivity index (χ1n) is 5.34. The van der Waals surface area contributed by atoms with E-state index in [1.807, 2.05) is 0 Å². The second-order valence-electron chi connectivity index (χ2n) is 4.49. The molecule has 0 spiro atoms. The third-order valence-corrected chi connectivity index (χ3v) is 5.31. The van der Waals surface area contributed by atoms with Gasteiger partial charge in [0, 0.05) is 12.1 Å². The van der Waals surface area contributed by atoms with Gasteiger partial charge in [0.05, 0.1) is 5.25 Å². The van der Waals surface area contributed by atoms with Crippen LogP contribution in [0.15, 0.2) is 0 Å². The summed E-state index contributed by atoms with van der Waals surface area (Å²) in [6.45, 7) is 0. The van der Waals surface area contributed by atoms with Gasteiger partial charge in [-0.25, -0.2) is 13.1 Å². The standard InChI is InChI=1S/C9H18N2O2S/c10-7-4-5-8(6-7)11-14(12,13)9-2-1-3-9/h7-9,11H,1-6,10H2. The highest BCUT2D eigenvalue weighted by atomic mass is 32.2. The first-order chi connectivity index (χ1) is 6.58. The van der Waals surface area contributed by atoms with Gasteiger partial charge in [0.15, 0.2) is 0 Å². The molecule has 3 N–H and O–H groups in total. The molecule has 0 aromatic heterocycles. The van der Waals surface area contributed by atoms with Crippen molar-refractivity contribution in [3.8, 4) is 0 Å². The number of hydrogen-bond donors (Lipinski definition) is 2. The molecule has 0 radical (unpaired) electrons. The van der Waals surface area contributed by atoms with Gasteiger partial charge in [-0.3, -0.25) is 0 Å². The van der Waals surface area contributed by atoms with Crippen LogP contribution >= 0.6 is 0 Å². The van der Waals surface area contributed by atoms with Crippen LogP contribution in [0.1, 0.15) is 38.5 Å². The summed E-state index contributed by atoms with van der Waals surface area (Å²) in [6, 6.07) is 0.277. The monoisotopic (exact) mass is 218 g/mol. The van der Waals surface area contributed by atoms with Crippen molar-refractivity contribution in [1.29, 1.82) is 0 Å². The van der Waals surface area contributed by atoms with Gasteiger partial charge in [-0.15, -0.1) is 0 Å². The summed E-state index contributed by atoms with van der Waals surface area (Å²) in [6.07, 6.45) is 5.34. The molecule has 0 bridgehead atoms. The Morgan fingerprint density at radius 1 is 1.14 bits per heavy atom. The molecule has 2 atom stereocenters. The highest BCUT2D eigenvalue weighted by Gasteiger charge is 2.34. The lowest BCUT2D eigenvalue weighted by molar-refractivity contribution is 0.460. The first kappa shape index (κ1) is 10.4. The minimum absolute atomic E-state index is 0.0931. The Balaban J connectivity index is 1.90. The predicted octanol–water partition coefficient (Wildman–Crippen LogP) is 0.338. The summed E-state index contributed by atoms with van der Waals surface area (Å²) < 4.78 is 26.2. The second-order valence-corrected chi connectivity index (χ2v) is 6.48. The molecule has 2 saturated carbocycles. The zero-order chi connectivity index (χ0) is 10.2. The van der Waals surface area contributed by atoms with E-state index in [2.05, 4.69) is 4.72 Å². The van der Waals surface area contributed by atoms with Gasteiger partial charge < -0.3 is 5.73 Å². The summed E-state index contributed by atoms with van der Waals surface area (Å²) in [5.41, 5.74) is 5.73. The van der Waals surface area contributed by atoms with Crippen LogP contribution in [0.3, 0.4) is 0 Å². The number of rotatable bonds is 3. The molecule has 0 aromatic rings. The first-order valence-corrected chi connectivity index (χ1v) is 6.89. The van der Waals surface area contributed by atoms with E-state index in [1.54, 1.807) is 0 Å². The zero-order valence-electron chi connectivity index (χ0n) is 8.28. The molecule has 0 saturated heterocycles. The van der Waals surface area contributed by atoms with Crippen LogP contribution in [0.4, 0.5) is 0 Å². The topological polar surface area (TPSA) is 72.2 Å². The lowest BCUT2D eigenvalue weighted by Gasteiger charge is -2.27. The maximum absolute atomic E-state index is 11.7. The lowest BCUT2D eigenvalue weighted by Crippen LogP contribution is -2.43. The van der Waals surface area contributed by atoms with Gasteiger partial charge in [-0.05, 0) is 32.1 Å². The quantitative estimate of drug-likeness (QED) is 0.717. The van der Waals surface area contributed by atoms with E-state index in [0.717, 1.165) is 38.5 Å². The van der Waals surface area contributed by atoms with E-state index in [-0.39, 0.29) is 17.3 Å². The van der Waals surface area contributed by atoms with E-state index in [0.29, 0.717) is 0 Å². The SMILES string of the molecule is NC1CCC(NS(=O)(=O)C2CCC2)C1. The van der Waals surface area contributed by atoms with Gasteiger partial charge in [0.2, 0.25) is 10.0 Å². The normalized spacial score (nSPS) is 34.4. The van der Waals surface area contributed by atoms with Crippen molar-refractivity contribution in [2.45, 2.75) is 55.9 Å². The maximum Gasteiger partial charge on any atom is 0.214 e. The molecule has 0 heterocycles. The fourth-order valence-corrected chi connectivity index (χ4v) is 3.96. The van der Waals surface area contributed by atoms with E-state index in [4.69, 9.17) is 5.73 Å². The van der Waals surface area contributed by atoms with E-state index in [1.165, 1.54) is 0 Å². The van der Waals surface area contributed by atoms with Gasteiger partial charge in [-0.2, -0.15) is 0 Å². The molecule has 0 aromatic carbocycles. The molecule has 5 heteroatoms. The van der Waals surface area contributed by atoms with Crippen LogP contribution in [-0.4, -0.2) is 25.8 Å². The Labute approximate surface area is 85.3 Å². The van der Waals surface area contributed by atoms with Gasteiger partial charge in [-0.1, -0.05) is 6.42 Å². The Morgan fingerprint density at radius 2 is 1.86 bits per heavy atom. The Hall–Kier alpha value is -0.130. The molecular formula is C9H18N2O2S. The predicted molar refractivity (Wildman–Crippen MR) is 55.3 cm³/mol. The molecule has 2 unspecified atom stereocenters. The smallest absolute Gasteiger partial charge is 0.214 e. The number of nitrogens with one attached hydrogen (secondary N) is 1. The van der Waals surface area contributed by atoms with Crippen LogP contribution in [0.2, 0.25) is 0 Å². The van der Waals surface area contributed by atoms with E-state index in [9.17, 15) is 8.42 Å². The fourth-order valence-electron chi connectivity index (χ4n) is 2.13. The summed E-state index contributed by atoms with van der Waals surface area (Å²) in [4.78, 5) is 0. The van der Waals surface area contributed by atoms with Crippen molar-refractivity contribution in [2.24, 2.45) is 5.73 Å². The average molecular weight is 218 g/mol. The Kier molecular flexibility index (Phi) is 2.81. The van der Waals surface area contributed by atoms with Crippen molar-refractivity contribution < 1.29 is 8.42 Å². The van der Waals surface area contributed by atoms with Crippen LogP contribution in [0.25, 0.3) is 0 Å². The third kappa shape index (κ3) is 2.10. The molecule has 0 amide bonds. The van der Waals surface area contributed by atoms with Crippen molar-refractivity contribution in [1.82, 2.24) is 4.72 Å². The molecule has 2 aliphatic carbocycles. The van der Waals surface area contributed by atoms with Crippen LogP contribution in [0.5, 0.6) is 0 Å². The Morgan fingerprint density at radius 3 is 2.29 bits per heavy atom. The molecule has 2 aliphatic rings.